The molecule has 1 aromatic carbocycles. The molecule has 1 aromatic rings. The minimum atomic E-state index is -1.45. The lowest BCUT2D eigenvalue weighted by Crippen LogP contribution is -2.03. The van der Waals surface area contributed by atoms with Gasteiger partial charge in [-0.1, -0.05) is 0 Å². The summed E-state index contributed by atoms with van der Waals surface area (Å²) in [6.07, 6.45) is -0.0359. The molecule has 1 rings (SSSR count). The molecule has 1 nitrogen and oxygen atoms in total. The van der Waals surface area contributed by atoms with Gasteiger partial charge in [0.15, 0.2) is 17.5 Å². The molecule has 78 valence electrons. The predicted octanol–water partition coefficient (Wildman–Crippen LogP) is 3.03. The Bertz CT molecular complexity index is 300. The van der Waals surface area contributed by atoms with Gasteiger partial charge in [-0.25, -0.2) is 13.2 Å². The van der Waals surface area contributed by atoms with E-state index >= 15 is 0 Å². The molecule has 0 aliphatic carbocycles. The lowest BCUT2D eigenvalue weighted by molar-refractivity contribution is 0.0653. The highest BCUT2D eigenvalue weighted by atomic mass is 19.2. The highest BCUT2D eigenvalue weighted by Crippen LogP contribution is 2.14. The Morgan fingerprint density at radius 3 is 2.07 bits per heavy atom. The van der Waals surface area contributed by atoms with Crippen molar-refractivity contribution in [3.63, 3.8) is 0 Å². The summed E-state index contributed by atoms with van der Waals surface area (Å²) in [4.78, 5) is 0. The number of hydrogen-bond acceptors (Lipinski definition) is 1. The zero-order valence-electron chi connectivity index (χ0n) is 7.98. The molecular formula is C10H11F3O. The van der Waals surface area contributed by atoms with Gasteiger partial charge in [-0.3, -0.25) is 0 Å². The molecule has 0 amide bonds. The van der Waals surface area contributed by atoms with E-state index < -0.39 is 17.5 Å². The van der Waals surface area contributed by atoms with Gasteiger partial charge in [0, 0.05) is 0 Å². The SMILES string of the molecule is CC(C)OCc1cc(F)c(F)c(F)c1. The van der Waals surface area contributed by atoms with E-state index in [1.54, 1.807) is 13.8 Å². The van der Waals surface area contributed by atoms with Gasteiger partial charge < -0.3 is 4.74 Å². The van der Waals surface area contributed by atoms with Crippen molar-refractivity contribution in [2.45, 2.75) is 26.6 Å². The maximum Gasteiger partial charge on any atom is 0.194 e. The van der Waals surface area contributed by atoms with Crippen LogP contribution in [-0.4, -0.2) is 6.10 Å². The third-order valence-electron chi connectivity index (χ3n) is 1.63. The van der Waals surface area contributed by atoms with Crippen LogP contribution in [0.25, 0.3) is 0 Å². The Kier molecular flexibility index (Phi) is 3.52. The first-order valence-corrected chi connectivity index (χ1v) is 4.25. The number of hydrogen-bond donors (Lipinski definition) is 0. The van der Waals surface area contributed by atoms with Crippen molar-refractivity contribution in [1.29, 1.82) is 0 Å². The minimum absolute atomic E-state index is 0.0359. The second-order valence-corrected chi connectivity index (χ2v) is 3.23. The van der Waals surface area contributed by atoms with Gasteiger partial charge in [0.1, 0.15) is 0 Å². The van der Waals surface area contributed by atoms with Crippen molar-refractivity contribution >= 4 is 0 Å². The number of benzene rings is 1. The van der Waals surface area contributed by atoms with Crippen LogP contribution in [0, 0.1) is 17.5 Å². The van der Waals surface area contributed by atoms with Gasteiger partial charge in [-0.05, 0) is 31.5 Å². The third kappa shape index (κ3) is 2.73. The van der Waals surface area contributed by atoms with Gasteiger partial charge in [0.2, 0.25) is 0 Å². The molecule has 0 aliphatic heterocycles. The molecule has 0 spiro atoms. The molecule has 0 heterocycles. The topological polar surface area (TPSA) is 9.23 Å². The predicted molar refractivity (Wildman–Crippen MR) is 46.2 cm³/mol. The second-order valence-electron chi connectivity index (χ2n) is 3.23. The van der Waals surface area contributed by atoms with Gasteiger partial charge in [-0.15, -0.1) is 0 Å². The fraction of sp³-hybridized carbons (Fsp3) is 0.400. The standard InChI is InChI=1S/C10H11F3O/c1-6(2)14-5-7-3-8(11)10(13)9(12)4-7/h3-4,6H,5H2,1-2H3. The molecule has 0 radical (unpaired) electrons. The average Bonchev–Trinajstić information content (AvgIpc) is 2.10. The Balaban J connectivity index is 2.79. The number of ether oxygens (including phenoxy) is 1. The van der Waals surface area contributed by atoms with Crippen LogP contribution in [0.1, 0.15) is 19.4 Å². The zero-order valence-corrected chi connectivity index (χ0v) is 7.98. The summed E-state index contributed by atoms with van der Waals surface area (Å²) in [6, 6.07) is 1.86. The summed E-state index contributed by atoms with van der Waals surface area (Å²) >= 11 is 0. The van der Waals surface area contributed by atoms with Crippen LogP contribution in [0.3, 0.4) is 0 Å². The van der Waals surface area contributed by atoms with E-state index in [4.69, 9.17) is 4.74 Å². The largest absolute Gasteiger partial charge is 0.374 e. The van der Waals surface area contributed by atoms with E-state index in [1.807, 2.05) is 0 Å². The molecule has 0 unspecified atom stereocenters. The lowest BCUT2D eigenvalue weighted by Gasteiger charge is -2.07. The van der Waals surface area contributed by atoms with Crippen molar-refractivity contribution in [2.24, 2.45) is 0 Å². The first kappa shape index (κ1) is 11.0. The highest BCUT2D eigenvalue weighted by molar-refractivity contribution is 5.18. The number of halogens is 3. The monoisotopic (exact) mass is 204 g/mol. The molecule has 0 N–H and O–H groups in total. The van der Waals surface area contributed by atoms with Gasteiger partial charge in [0.05, 0.1) is 12.7 Å². The van der Waals surface area contributed by atoms with Crippen molar-refractivity contribution in [3.8, 4) is 0 Å². The lowest BCUT2D eigenvalue weighted by atomic mass is 10.2. The quantitative estimate of drug-likeness (QED) is 0.687. The Morgan fingerprint density at radius 2 is 1.64 bits per heavy atom. The van der Waals surface area contributed by atoms with Crippen LogP contribution in [0.5, 0.6) is 0 Å². The molecule has 0 bridgehead atoms. The first-order valence-electron chi connectivity index (χ1n) is 4.25. The molecule has 14 heavy (non-hydrogen) atoms. The van der Waals surface area contributed by atoms with Crippen molar-refractivity contribution in [2.75, 3.05) is 0 Å². The fourth-order valence-corrected chi connectivity index (χ4v) is 0.954. The normalized spacial score (nSPS) is 11.0. The fourth-order valence-electron chi connectivity index (χ4n) is 0.954. The van der Waals surface area contributed by atoms with E-state index in [0.717, 1.165) is 12.1 Å². The second kappa shape index (κ2) is 4.46. The first-order chi connectivity index (χ1) is 6.50. The van der Waals surface area contributed by atoms with Crippen LogP contribution in [0.2, 0.25) is 0 Å². The van der Waals surface area contributed by atoms with E-state index in [9.17, 15) is 13.2 Å². The maximum absolute atomic E-state index is 12.7. The van der Waals surface area contributed by atoms with E-state index in [-0.39, 0.29) is 18.3 Å². The molecule has 0 aromatic heterocycles. The summed E-state index contributed by atoms with van der Waals surface area (Å²) < 4.78 is 43.0. The minimum Gasteiger partial charge on any atom is -0.374 e. The third-order valence-corrected chi connectivity index (χ3v) is 1.63. The smallest absolute Gasteiger partial charge is 0.194 e. The molecule has 4 heteroatoms. The Labute approximate surface area is 80.5 Å². The van der Waals surface area contributed by atoms with Crippen molar-refractivity contribution in [3.05, 3.63) is 35.1 Å². The van der Waals surface area contributed by atoms with Gasteiger partial charge >= 0.3 is 0 Å². The number of rotatable bonds is 3. The average molecular weight is 204 g/mol. The van der Waals surface area contributed by atoms with Crippen molar-refractivity contribution in [1.82, 2.24) is 0 Å². The molecular weight excluding hydrogens is 193 g/mol. The zero-order chi connectivity index (χ0) is 10.7. The van der Waals surface area contributed by atoms with E-state index in [0.29, 0.717) is 0 Å². The molecule has 0 atom stereocenters. The summed E-state index contributed by atoms with van der Waals surface area (Å²) in [5.74, 6) is -3.82. The van der Waals surface area contributed by atoms with Crippen LogP contribution in [0.4, 0.5) is 13.2 Å². The van der Waals surface area contributed by atoms with Gasteiger partial charge in [-0.2, -0.15) is 0 Å². The van der Waals surface area contributed by atoms with Gasteiger partial charge in [0.25, 0.3) is 0 Å². The van der Waals surface area contributed by atoms with E-state index in [1.165, 1.54) is 0 Å². The summed E-state index contributed by atoms with van der Waals surface area (Å²) in [5.41, 5.74) is 0.287. The maximum atomic E-state index is 12.7. The Morgan fingerprint density at radius 1 is 1.14 bits per heavy atom. The van der Waals surface area contributed by atoms with E-state index in [2.05, 4.69) is 0 Å². The van der Waals surface area contributed by atoms with Crippen LogP contribution >= 0.6 is 0 Å². The summed E-state index contributed by atoms with van der Waals surface area (Å²) in [6.45, 7) is 3.68. The van der Waals surface area contributed by atoms with Crippen LogP contribution < -0.4 is 0 Å². The highest BCUT2D eigenvalue weighted by Gasteiger charge is 2.10. The van der Waals surface area contributed by atoms with Crippen molar-refractivity contribution < 1.29 is 17.9 Å². The summed E-state index contributed by atoms with van der Waals surface area (Å²) in [5, 5.41) is 0. The van der Waals surface area contributed by atoms with Crippen LogP contribution in [-0.2, 0) is 11.3 Å². The van der Waals surface area contributed by atoms with Crippen LogP contribution in [0.15, 0.2) is 12.1 Å². The molecule has 0 saturated heterocycles. The molecule has 0 aliphatic rings. The Hall–Kier alpha value is -1.03. The molecule has 0 fully saturated rings. The molecule has 0 saturated carbocycles. The summed E-state index contributed by atoms with van der Waals surface area (Å²) in [7, 11) is 0.